The molecule has 82 valence electrons. The molecule has 4 nitrogen and oxygen atoms in total. The highest BCUT2D eigenvalue weighted by atomic mass is 15.3. The normalized spacial score (nSPS) is 27.6. The van der Waals surface area contributed by atoms with E-state index in [9.17, 15) is 0 Å². The Kier molecular flexibility index (Phi) is 2.44. The summed E-state index contributed by atoms with van der Waals surface area (Å²) in [6, 6.07) is 1.12. The zero-order valence-electron chi connectivity index (χ0n) is 9.02. The van der Waals surface area contributed by atoms with Crippen molar-refractivity contribution in [3.8, 4) is 0 Å². The molecule has 1 atom stereocenters. The van der Waals surface area contributed by atoms with Gasteiger partial charge in [-0.3, -0.25) is 0 Å². The fraction of sp³-hybridized carbons (Fsp3) is 0.818. The van der Waals surface area contributed by atoms with Crippen molar-refractivity contribution < 1.29 is 0 Å². The van der Waals surface area contributed by atoms with Gasteiger partial charge in [0.15, 0.2) is 0 Å². The van der Waals surface area contributed by atoms with Gasteiger partial charge in [0.2, 0.25) is 0 Å². The van der Waals surface area contributed by atoms with E-state index in [1.165, 1.54) is 44.3 Å². The second-order valence-electron chi connectivity index (χ2n) is 4.68. The van der Waals surface area contributed by atoms with E-state index in [4.69, 9.17) is 0 Å². The first-order valence-electron chi connectivity index (χ1n) is 6.08. The SMILES string of the molecule is c1nnc([C@@H]2CCCN2)n1C1CCCC1. The van der Waals surface area contributed by atoms with Crippen LogP contribution < -0.4 is 5.32 Å². The van der Waals surface area contributed by atoms with Gasteiger partial charge in [0.25, 0.3) is 0 Å². The Balaban J connectivity index is 1.84. The predicted octanol–water partition coefficient (Wildman–Crippen LogP) is 1.82. The second kappa shape index (κ2) is 3.93. The molecule has 1 aliphatic carbocycles. The van der Waals surface area contributed by atoms with Crippen LogP contribution in [-0.2, 0) is 0 Å². The van der Waals surface area contributed by atoms with Crippen LogP contribution >= 0.6 is 0 Å². The van der Waals surface area contributed by atoms with E-state index in [-0.39, 0.29) is 0 Å². The highest BCUT2D eigenvalue weighted by molar-refractivity contribution is 5.00. The third-order valence-corrected chi connectivity index (χ3v) is 3.69. The highest BCUT2D eigenvalue weighted by Crippen LogP contribution is 2.32. The van der Waals surface area contributed by atoms with Gasteiger partial charge in [0, 0.05) is 6.04 Å². The first-order valence-corrected chi connectivity index (χ1v) is 6.08. The second-order valence-corrected chi connectivity index (χ2v) is 4.68. The predicted molar refractivity (Wildman–Crippen MR) is 57.5 cm³/mol. The minimum absolute atomic E-state index is 0.452. The Bertz CT molecular complexity index is 291. The van der Waals surface area contributed by atoms with E-state index >= 15 is 0 Å². The molecule has 0 aromatic carbocycles. The summed E-state index contributed by atoms with van der Waals surface area (Å²) in [5.74, 6) is 1.17. The molecular formula is C11H18N4. The van der Waals surface area contributed by atoms with Gasteiger partial charge in [-0.25, -0.2) is 0 Å². The molecule has 0 spiro atoms. The zero-order valence-corrected chi connectivity index (χ0v) is 9.02. The Morgan fingerprint density at radius 1 is 1.20 bits per heavy atom. The summed E-state index contributed by atoms with van der Waals surface area (Å²) in [6.07, 6.45) is 9.73. The van der Waals surface area contributed by atoms with Crippen molar-refractivity contribution in [2.45, 2.75) is 50.6 Å². The number of hydrogen-bond donors (Lipinski definition) is 1. The lowest BCUT2D eigenvalue weighted by Gasteiger charge is -2.17. The van der Waals surface area contributed by atoms with Crippen molar-refractivity contribution in [1.82, 2.24) is 20.1 Å². The van der Waals surface area contributed by atoms with E-state index in [1.54, 1.807) is 0 Å². The van der Waals surface area contributed by atoms with Gasteiger partial charge in [-0.15, -0.1) is 10.2 Å². The molecule has 0 amide bonds. The average Bonchev–Trinajstić information content (AvgIpc) is 3.01. The summed E-state index contributed by atoms with van der Waals surface area (Å²) in [4.78, 5) is 0. The van der Waals surface area contributed by atoms with Gasteiger partial charge >= 0.3 is 0 Å². The van der Waals surface area contributed by atoms with Crippen molar-refractivity contribution in [3.05, 3.63) is 12.2 Å². The molecule has 2 aliphatic rings. The van der Waals surface area contributed by atoms with Gasteiger partial charge in [-0.2, -0.15) is 0 Å². The van der Waals surface area contributed by atoms with Crippen LogP contribution in [0, 0.1) is 0 Å². The van der Waals surface area contributed by atoms with Crippen molar-refractivity contribution in [2.75, 3.05) is 6.54 Å². The summed E-state index contributed by atoms with van der Waals surface area (Å²) in [5.41, 5.74) is 0. The first kappa shape index (κ1) is 9.33. The third kappa shape index (κ3) is 1.67. The monoisotopic (exact) mass is 206 g/mol. The summed E-state index contributed by atoms with van der Waals surface area (Å²) in [7, 11) is 0. The minimum Gasteiger partial charge on any atom is -0.313 e. The molecule has 1 aliphatic heterocycles. The van der Waals surface area contributed by atoms with Gasteiger partial charge in [0.05, 0.1) is 6.04 Å². The molecule has 1 aromatic heterocycles. The molecule has 0 unspecified atom stereocenters. The van der Waals surface area contributed by atoms with Crippen LogP contribution in [0.5, 0.6) is 0 Å². The molecule has 0 bridgehead atoms. The molecule has 4 heteroatoms. The maximum Gasteiger partial charge on any atom is 0.150 e. The molecule has 1 saturated heterocycles. The lowest BCUT2D eigenvalue weighted by Crippen LogP contribution is -2.19. The van der Waals surface area contributed by atoms with E-state index in [0.717, 1.165) is 6.54 Å². The van der Waals surface area contributed by atoms with E-state index in [2.05, 4.69) is 20.1 Å². The van der Waals surface area contributed by atoms with Crippen LogP contribution in [0.25, 0.3) is 0 Å². The summed E-state index contributed by atoms with van der Waals surface area (Å²) in [5, 5.41) is 11.9. The zero-order chi connectivity index (χ0) is 10.1. The van der Waals surface area contributed by atoms with E-state index in [0.29, 0.717) is 12.1 Å². The van der Waals surface area contributed by atoms with Crippen molar-refractivity contribution in [2.24, 2.45) is 0 Å². The van der Waals surface area contributed by atoms with Gasteiger partial charge < -0.3 is 9.88 Å². The quantitative estimate of drug-likeness (QED) is 0.802. The van der Waals surface area contributed by atoms with Crippen molar-refractivity contribution >= 4 is 0 Å². The van der Waals surface area contributed by atoms with Gasteiger partial charge in [-0.1, -0.05) is 12.8 Å². The van der Waals surface area contributed by atoms with E-state index in [1.807, 2.05) is 6.33 Å². The third-order valence-electron chi connectivity index (χ3n) is 3.69. The summed E-state index contributed by atoms with van der Waals surface area (Å²) < 4.78 is 2.32. The number of rotatable bonds is 2. The van der Waals surface area contributed by atoms with Crippen LogP contribution in [0.15, 0.2) is 6.33 Å². The average molecular weight is 206 g/mol. The number of nitrogens with zero attached hydrogens (tertiary/aromatic N) is 3. The Labute approximate surface area is 90.1 Å². The highest BCUT2D eigenvalue weighted by Gasteiger charge is 2.26. The lowest BCUT2D eigenvalue weighted by molar-refractivity contribution is 0.463. The molecule has 2 fully saturated rings. The Hall–Kier alpha value is -0.900. The summed E-state index contributed by atoms with van der Waals surface area (Å²) in [6.45, 7) is 1.13. The van der Waals surface area contributed by atoms with Crippen LogP contribution in [0.1, 0.15) is 56.4 Å². The van der Waals surface area contributed by atoms with Crippen molar-refractivity contribution in [1.29, 1.82) is 0 Å². The first-order chi connectivity index (χ1) is 7.45. The van der Waals surface area contributed by atoms with Crippen LogP contribution in [-0.4, -0.2) is 21.3 Å². The standard InChI is InChI=1S/C11H18N4/c1-2-5-9(4-1)15-8-13-14-11(15)10-6-3-7-12-10/h8-10,12H,1-7H2/t10-/m0/s1. The summed E-state index contributed by atoms with van der Waals surface area (Å²) >= 11 is 0. The van der Waals surface area contributed by atoms with Gasteiger partial charge in [-0.05, 0) is 32.2 Å². The molecule has 1 N–H and O–H groups in total. The molecule has 2 heterocycles. The largest absolute Gasteiger partial charge is 0.313 e. The number of nitrogens with one attached hydrogen (secondary N) is 1. The molecule has 3 rings (SSSR count). The minimum atomic E-state index is 0.452. The van der Waals surface area contributed by atoms with Crippen molar-refractivity contribution in [3.63, 3.8) is 0 Å². The van der Waals surface area contributed by atoms with Crippen LogP contribution in [0.3, 0.4) is 0 Å². The lowest BCUT2D eigenvalue weighted by atomic mass is 10.2. The number of aromatic nitrogens is 3. The Morgan fingerprint density at radius 2 is 2.07 bits per heavy atom. The molecule has 1 aromatic rings. The fourth-order valence-corrected chi connectivity index (χ4v) is 2.87. The fourth-order valence-electron chi connectivity index (χ4n) is 2.87. The maximum atomic E-state index is 4.29. The molecule has 1 saturated carbocycles. The molecule has 0 radical (unpaired) electrons. The molecular weight excluding hydrogens is 188 g/mol. The van der Waals surface area contributed by atoms with Gasteiger partial charge in [0.1, 0.15) is 12.2 Å². The Morgan fingerprint density at radius 3 is 2.80 bits per heavy atom. The van der Waals surface area contributed by atoms with Crippen LogP contribution in [0.4, 0.5) is 0 Å². The molecule has 15 heavy (non-hydrogen) atoms. The van der Waals surface area contributed by atoms with E-state index < -0.39 is 0 Å². The topological polar surface area (TPSA) is 42.7 Å². The van der Waals surface area contributed by atoms with Crippen LogP contribution in [0.2, 0.25) is 0 Å². The smallest absolute Gasteiger partial charge is 0.150 e. The maximum absolute atomic E-state index is 4.29. The number of hydrogen-bond acceptors (Lipinski definition) is 3.